The number of aryl methyl sites for hydroxylation is 1. The minimum absolute atomic E-state index is 0.0934. The molecule has 2 N–H and O–H groups in total. The van der Waals surface area contributed by atoms with E-state index in [0.717, 1.165) is 17.0 Å². The first-order valence-corrected chi connectivity index (χ1v) is 8.74. The second kappa shape index (κ2) is 7.86. The van der Waals surface area contributed by atoms with Crippen LogP contribution in [0.3, 0.4) is 0 Å². The van der Waals surface area contributed by atoms with E-state index in [1.807, 2.05) is 38.1 Å². The van der Waals surface area contributed by atoms with Gasteiger partial charge in [0, 0.05) is 17.6 Å². The van der Waals surface area contributed by atoms with Crippen LogP contribution in [-0.2, 0) is 0 Å². The lowest BCUT2D eigenvalue weighted by Gasteiger charge is -2.19. The first-order valence-electron chi connectivity index (χ1n) is 8.74. The Balaban J connectivity index is 1.75. The first kappa shape index (κ1) is 18.4. The number of pyridine rings is 1. The topological polar surface area (TPSA) is 76.0 Å². The zero-order valence-corrected chi connectivity index (χ0v) is 15.6. The van der Waals surface area contributed by atoms with Gasteiger partial charge in [-0.3, -0.25) is 25.4 Å². The van der Waals surface area contributed by atoms with Crippen LogP contribution in [0.15, 0.2) is 60.8 Å². The van der Waals surface area contributed by atoms with Crippen LogP contribution in [0.5, 0.6) is 0 Å². The Morgan fingerprint density at radius 3 is 2.30 bits per heavy atom. The third-order valence-corrected chi connectivity index (χ3v) is 4.59. The number of rotatable bonds is 4. The molecule has 0 aliphatic carbocycles. The molecule has 0 bridgehead atoms. The molecule has 6 heteroatoms. The van der Waals surface area contributed by atoms with Crippen molar-refractivity contribution in [2.75, 3.05) is 0 Å². The summed E-state index contributed by atoms with van der Waals surface area (Å²) in [6.45, 7) is 5.97. The maximum absolute atomic E-state index is 12.6. The van der Waals surface area contributed by atoms with Crippen molar-refractivity contribution in [3.05, 3.63) is 89.0 Å². The van der Waals surface area contributed by atoms with Crippen LogP contribution < -0.4 is 10.9 Å². The number of nitrogens with zero attached hydrogens (tertiary/aromatic N) is 2. The van der Waals surface area contributed by atoms with E-state index in [4.69, 9.17) is 0 Å². The van der Waals surface area contributed by atoms with Crippen molar-refractivity contribution in [3.8, 4) is 0 Å². The number of aromatic nitrogens is 2. The summed E-state index contributed by atoms with van der Waals surface area (Å²) in [5, 5.41) is 0. The number of benzene rings is 1. The SMILES string of the molecule is Cc1cc(C(=O)NNC(=O)c2ccccn2)c(C)n1[C@H](C)c1ccccc1. The summed E-state index contributed by atoms with van der Waals surface area (Å²) in [7, 11) is 0. The molecule has 27 heavy (non-hydrogen) atoms. The minimum atomic E-state index is -0.463. The molecule has 0 unspecified atom stereocenters. The Kier molecular flexibility index (Phi) is 5.35. The summed E-state index contributed by atoms with van der Waals surface area (Å²) in [6.07, 6.45) is 1.52. The van der Waals surface area contributed by atoms with Crippen LogP contribution in [0.4, 0.5) is 0 Å². The van der Waals surface area contributed by atoms with Crippen molar-refractivity contribution in [2.24, 2.45) is 0 Å². The van der Waals surface area contributed by atoms with Crippen LogP contribution in [0.25, 0.3) is 0 Å². The monoisotopic (exact) mass is 362 g/mol. The van der Waals surface area contributed by atoms with E-state index in [1.165, 1.54) is 6.20 Å². The Labute approximate surface area is 158 Å². The minimum Gasteiger partial charge on any atom is -0.341 e. The van der Waals surface area contributed by atoms with Gasteiger partial charge in [-0.15, -0.1) is 0 Å². The molecule has 0 spiro atoms. The van der Waals surface area contributed by atoms with Gasteiger partial charge in [0.2, 0.25) is 0 Å². The third kappa shape index (κ3) is 3.89. The highest BCUT2D eigenvalue weighted by molar-refractivity contribution is 5.99. The van der Waals surface area contributed by atoms with Crippen LogP contribution in [0, 0.1) is 13.8 Å². The highest BCUT2D eigenvalue weighted by Crippen LogP contribution is 2.25. The van der Waals surface area contributed by atoms with Gasteiger partial charge in [0.25, 0.3) is 11.8 Å². The molecule has 0 aliphatic heterocycles. The molecular formula is C21H22N4O2. The Hall–Kier alpha value is -3.41. The average Bonchev–Trinajstić information content (AvgIpc) is 3.00. The van der Waals surface area contributed by atoms with Crippen molar-refractivity contribution < 1.29 is 9.59 Å². The fraction of sp³-hybridized carbons (Fsp3) is 0.190. The summed E-state index contributed by atoms with van der Waals surface area (Å²) in [5.74, 6) is -0.825. The highest BCUT2D eigenvalue weighted by Gasteiger charge is 2.20. The second-order valence-corrected chi connectivity index (χ2v) is 6.36. The number of carbonyl (C=O) groups is 2. The molecule has 0 radical (unpaired) electrons. The van der Waals surface area contributed by atoms with Crippen LogP contribution in [0.1, 0.15) is 50.8 Å². The number of carbonyl (C=O) groups excluding carboxylic acids is 2. The fourth-order valence-corrected chi connectivity index (χ4v) is 3.23. The summed E-state index contributed by atoms with van der Waals surface area (Å²) >= 11 is 0. The van der Waals surface area contributed by atoms with E-state index >= 15 is 0 Å². The molecule has 0 saturated heterocycles. The maximum Gasteiger partial charge on any atom is 0.288 e. The lowest BCUT2D eigenvalue weighted by molar-refractivity contribution is 0.0843. The van der Waals surface area contributed by atoms with Gasteiger partial charge in [0.05, 0.1) is 11.6 Å². The first-order chi connectivity index (χ1) is 13.0. The fourth-order valence-electron chi connectivity index (χ4n) is 3.23. The lowest BCUT2D eigenvalue weighted by Crippen LogP contribution is -2.42. The molecule has 2 aromatic heterocycles. The van der Waals surface area contributed by atoms with E-state index in [0.29, 0.717) is 5.56 Å². The van der Waals surface area contributed by atoms with Crippen molar-refractivity contribution in [1.29, 1.82) is 0 Å². The summed E-state index contributed by atoms with van der Waals surface area (Å²) in [5.41, 5.74) is 8.61. The van der Waals surface area contributed by atoms with Gasteiger partial charge >= 0.3 is 0 Å². The normalized spacial score (nSPS) is 11.7. The molecule has 0 fully saturated rings. The predicted molar refractivity (Wildman–Crippen MR) is 103 cm³/mol. The maximum atomic E-state index is 12.6. The van der Waals surface area contributed by atoms with Crippen LogP contribution in [0.2, 0.25) is 0 Å². The van der Waals surface area contributed by atoms with Crippen LogP contribution >= 0.6 is 0 Å². The molecule has 2 amide bonds. The van der Waals surface area contributed by atoms with Crippen molar-refractivity contribution in [1.82, 2.24) is 20.4 Å². The molecule has 3 aromatic rings. The van der Waals surface area contributed by atoms with Crippen molar-refractivity contribution in [3.63, 3.8) is 0 Å². The lowest BCUT2D eigenvalue weighted by atomic mass is 10.1. The van der Waals surface area contributed by atoms with E-state index in [9.17, 15) is 9.59 Å². The van der Waals surface area contributed by atoms with Gasteiger partial charge in [-0.1, -0.05) is 36.4 Å². The molecule has 0 aliphatic rings. The highest BCUT2D eigenvalue weighted by atomic mass is 16.2. The summed E-state index contributed by atoms with van der Waals surface area (Å²) in [4.78, 5) is 28.6. The quantitative estimate of drug-likeness (QED) is 0.700. The van der Waals surface area contributed by atoms with E-state index in [1.54, 1.807) is 18.2 Å². The van der Waals surface area contributed by atoms with Crippen molar-refractivity contribution >= 4 is 11.8 Å². The Morgan fingerprint density at radius 2 is 1.63 bits per heavy atom. The second-order valence-electron chi connectivity index (χ2n) is 6.36. The number of nitrogens with one attached hydrogen (secondary N) is 2. The molecule has 1 atom stereocenters. The summed E-state index contributed by atoms with van der Waals surface area (Å²) < 4.78 is 2.12. The third-order valence-electron chi connectivity index (χ3n) is 4.59. The van der Waals surface area contributed by atoms with Gasteiger partial charge in [-0.05, 0) is 44.5 Å². The molecule has 138 valence electrons. The Morgan fingerprint density at radius 1 is 0.963 bits per heavy atom. The standard InChI is InChI=1S/C21H22N4O2/c1-14-13-18(16(3)25(14)15(2)17-9-5-4-6-10-17)20(26)23-24-21(27)19-11-7-8-12-22-19/h4-13,15H,1-3H3,(H,23,26)(H,24,27)/t15-/m1/s1. The molecular weight excluding hydrogens is 340 g/mol. The zero-order valence-electron chi connectivity index (χ0n) is 15.6. The zero-order chi connectivity index (χ0) is 19.4. The van der Waals surface area contributed by atoms with E-state index in [2.05, 4.69) is 39.5 Å². The largest absolute Gasteiger partial charge is 0.341 e. The van der Waals surface area contributed by atoms with E-state index in [-0.39, 0.29) is 17.6 Å². The molecule has 1 aromatic carbocycles. The average molecular weight is 362 g/mol. The van der Waals surface area contributed by atoms with Gasteiger partial charge < -0.3 is 4.57 Å². The molecule has 0 saturated carbocycles. The predicted octanol–water partition coefficient (Wildman–Crippen LogP) is 3.18. The Bertz CT molecular complexity index is 949. The van der Waals surface area contributed by atoms with Crippen molar-refractivity contribution in [2.45, 2.75) is 26.8 Å². The smallest absolute Gasteiger partial charge is 0.288 e. The molecule has 2 heterocycles. The van der Waals surface area contributed by atoms with Crippen LogP contribution in [-0.4, -0.2) is 21.4 Å². The number of hydrogen-bond donors (Lipinski definition) is 2. The van der Waals surface area contributed by atoms with Gasteiger partial charge in [-0.25, -0.2) is 0 Å². The number of hydrazine groups is 1. The van der Waals surface area contributed by atoms with Gasteiger partial charge in [-0.2, -0.15) is 0 Å². The van der Waals surface area contributed by atoms with Gasteiger partial charge in [0.1, 0.15) is 5.69 Å². The molecule has 3 rings (SSSR count). The number of amides is 2. The van der Waals surface area contributed by atoms with E-state index < -0.39 is 5.91 Å². The van der Waals surface area contributed by atoms with Gasteiger partial charge in [0.15, 0.2) is 0 Å². The summed E-state index contributed by atoms with van der Waals surface area (Å²) in [6, 6.07) is 17.0. The number of hydrogen-bond acceptors (Lipinski definition) is 3. The molecule has 6 nitrogen and oxygen atoms in total.